The van der Waals surface area contributed by atoms with Crippen LogP contribution in [-0.2, 0) is 9.53 Å². The number of likely N-dealkylation sites (tertiary alicyclic amines) is 1. The van der Waals surface area contributed by atoms with E-state index in [1.165, 1.54) is 0 Å². The second-order valence-corrected chi connectivity index (χ2v) is 7.07. The lowest BCUT2D eigenvalue weighted by atomic mass is 9.93. The smallest absolute Gasteiger partial charge is 0.220 e. The van der Waals surface area contributed by atoms with E-state index in [9.17, 15) is 4.79 Å². The Balaban J connectivity index is 2.51. The van der Waals surface area contributed by atoms with E-state index < -0.39 is 0 Å². The molecule has 0 aliphatic carbocycles. The number of carbonyl (C=O) groups excluding carboxylic acids is 1. The SMILES string of the molecule is CCNC(=NCCC(OCC)C(C)C)N1CCC(CC(=O)NC)CC1. The molecule has 2 N–H and O–H groups in total. The van der Waals surface area contributed by atoms with Crippen LogP contribution in [0.3, 0.4) is 0 Å². The average Bonchev–Trinajstić information content (AvgIpc) is 2.60. The predicted molar refractivity (Wildman–Crippen MR) is 104 cm³/mol. The molecule has 6 nitrogen and oxygen atoms in total. The van der Waals surface area contributed by atoms with Gasteiger partial charge in [-0.3, -0.25) is 9.79 Å². The van der Waals surface area contributed by atoms with Crippen molar-refractivity contribution < 1.29 is 9.53 Å². The summed E-state index contributed by atoms with van der Waals surface area (Å²) in [7, 11) is 1.71. The summed E-state index contributed by atoms with van der Waals surface area (Å²) in [4.78, 5) is 18.7. The Morgan fingerprint density at radius 2 is 1.96 bits per heavy atom. The van der Waals surface area contributed by atoms with E-state index >= 15 is 0 Å². The fraction of sp³-hybridized carbons (Fsp3) is 0.895. The van der Waals surface area contributed by atoms with Gasteiger partial charge >= 0.3 is 0 Å². The van der Waals surface area contributed by atoms with Crippen molar-refractivity contribution >= 4 is 11.9 Å². The Morgan fingerprint density at radius 3 is 2.48 bits per heavy atom. The average molecular weight is 355 g/mol. The van der Waals surface area contributed by atoms with Crippen LogP contribution in [0.1, 0.15) is 53.4 Å². The van der Waals surface area contributed by atoms with Crippen molar-refractivity contribution in [3.63, 3.8) is 0 Å². The van der Waals surface area contributed by atoms with E-state index in [0.29, 0.717) is 18.3 Å². The second-order valence-electron chi connectivity index (χ2n) is 7.07. The highest BCUT2D eigenvalue weighted by Crippen LogP contribution is 2.20. The zero-order chi connectivity index (χ0) is 18.7. The lowest BCUT2D eigenvalue weighted by Gasteiger charge is -2.34. The number of amides is 1. The van der Waals surface area contributed by atoms with Crippen molar-refractivity contribution in [3.8, 4) is 0 Å². The summed E-state index contributed by atoms with van der Waals surface area (Å²) in [6.45, 7) is 12.9. The summed E-state index contributed by atoms with van der Waals surface area (Å²) in [5, 5.41) is 6.13. The van der Waals surface area contributed by atoms with Gasteiger partial charge in [0.15, 0.2) is 5.96 Å². The summed E-state index contributed by atoms with van der Waals surface area (Å²) < 4.78 is 5.81. The molecule has 0 spiro atoms. The molecule has 1 fully saturated rings. The Morgan fingerprint density at radius 1 is 1.28 bits per heavy atom. The third-order valence-corrected chi connectivity index (χ3v) is 4.80. The third kappa shape index (κ3) is 8.08. The van der Waals surface area contributed by atoms with Gasteiger partial charge in [-0.25, -0.2) is 0 Å². The van der Waals surface area contributed by atoms with Gasteiger partial charge in [-0.15, -0.1) is 0 Å². The molecule has 1 heterocycles. The van der Waals surface area contributed by atoms with Crippen molar-refractivity contribution in [1.29, 1.82) is 0 Å². The lowest BCUT2D eigenvalue weighted by Crippen LogP contribution is -2.46. The van der Waals surface area contributed by atoms with E-state index in [4.69, 9.17) is 9.73 Å². The summed E-state index contributed by atoms with van der Waals surface area (Å²) in [6, 6.07) is 0. The number of hydrogen-bond donors (Lipinski definition) is 2. The van der Waals surface area contributed by atoms with Crippen molar-refractivity contribution in [2.45, 2.75) is 59.5 Å². The summed E-state index contributed by atoms with van der Waals surface area (Å²) >= 11 is 0. The molecule has 1 unspecified atom stereocenters. The Bertz CT molecular complexity index is 404. The molecule has 1 amide bonds. The van der Waals surface area contributed by atoms with Crippen molar-refractivity contribution in [2.75, 3.05) is 39.8 Å². The van der Waals surface area contributed by atoms with Crippen LogP contribution in [0.5, 0.6) is 0 Å². The number of hydrogen-bond acceptors (Lipinski definition) is 3. The molecule has 146 valence electrons. The van der Waals surface area contributed by atoms with Gasteiger partial charge in [-0.2, -0.15) is 0 Å². The Hall–Kier alpha value is -1.30. The number of ether oxygens (including phenoxy) is 1. The van der Waals surface area contributed by atoms with Gasteiger partial charge in [-0.05, 0) is 44.9 Å². The molecule has 0 aromatic rings. The lowest BCUT2D eigenvalue weighted by molar-refractivity contribution is -0.121. The molecule has 1 rings (SSSR count). The molecule has 1 aliphatic rings. The summed E-state index contributed by atoms with van der Waals surface area (Å²) in [5.74, 6) is 2.15. The molecule has 25 heavy (non-hydrogen) atoms. The molecule has 0 bridgehead atoms. The number of rotatable bonds is 9. The molecular formula is C19H38N4O2. The quantitative estimate of drug-likeness (QED) is 0.492. The molecule has 1 saturated heterocycles. The number of aliphatic imine (C=N–C) groups is 1. The van der Waals surface area contributed by atoms with Crippen LogP contribution in [0.15, 0.2) is 4.99 Å². The van der Waals surface area contributed by atoms with E-state index in [2.05, 4.69) is 36.3 Å². The summed E-state index contributed by atoms with van der Waals surface area (Å²) in [6.07, 6.45) is 3.96. The molecule has 6 heteroatoms. The largest absolute Gasteiger partial charge is 0.378 e. The predicted octanol–water partition coefficient (Wildman–Crippen LogP) is 2.25. The number of nitrogens with zero attached hydrogens (tertiary/aromatic N) is 2. The minimum absolute atomic E-state index is 0.148. The molecular weight excluding hydrogens is 316 g/mol. The first-order valence-corrected chi connectivity index (χ1v) is 9.87. The van der Waals surface area contributed by atoms with Crippen LogP contribution in [0.2, 0.25) is 0 Å². The highest BCUT2D eigenvalue weighted by atomic mass is 16.5. The van der Waals surface area contributed by atoms with Gasteiger partial charge < -0.3 is 20.3 Å². The molecule has 0 aromatic carbocycles. The van der Waals surface area contributed by atoms with Crippen LogP contribution >= 0.6 is 0 Å². The number of guanidine groups is 1. The van der Waals surface area contributed by atoms with Gasteiger partial charge in [0.2, 0.25) is 5.91 Å². The van der Waals surface area contributed by atoms with Crippen LogP contribution in [0.25, 0.3) is 0 Å². The standard InChI is InChI=1S/C19H38N4O2/c1-6-21-19(22-11-8-17(15(3)4)25-7-2)23-12-9-16(10-13-23)14-18(24)20-5/h15-17H,6-14H2,1-5H3,(H,20,24)(H,21,22). The number of nitrogens with one attached hydrogen (secondary N) is 2. The monoisotopic (exact) mass is 354 g/mol. The van der Waals surface area contributed by atoms with Crippen LogP contribution < -0.4 is 10.6 Å². The van der Waals surface area contributed by atoms with Gasteiger partial charge in [0, 0.05) is 46.3 Å². The highest BCUT2D eigenvalue weighted by molar-refractivity contribution is 5.80. The summed E-state index contributed by atoms with van der Waals surface area (Å²) in [5.41, 5.74) is 0. The topological polar surface area (TPSA) is 66.0 Å². The first kappa shape index (κ1) is 21.7. The van der Waals surface area contributed by atoms with E-state index in [0.717, 1.165) is 58.0 Å². The molecule has 1 aliphatic heterocycles. The first-order valence-electron chi connectivity index (χ1n) is 9.87. The molecule has 1 atom stereocenters. The van der Waals surface area contributed by atoms with Crippen molar-refractivity contribution in [3.05, 3.63) is 0 Å². The number of carbonyl (C=O) groups is 1. The Labute approximate surface area is 153 Å². The number of piperidine rings is 1. The maximum absolute atomic E-state index is 11.5. The van der Waals surface area contributed by atoms with E-state index in [1.54, 1.807) is 7.05 Å². The van der Waals surface area contributed by atoms with Gasteiger partial charge in [0.25, 0.3) is 0 Å². The zero-order valence-corrected chi connectivity index (χ0v) is 16.8. The van der Waals surface area contributed by atoms with Crippen LogP contribution in [0, 0.1) is 11.8 Å². The fourth-order valence-electron chi connectivity index (χ4n) is 3.26. The maximum Gasteiger partial charge on any atom is 0.220 e. The van der Waals surface area contributed by atoms with Crippen molar-refractivity contribution in [1.82, 2.24) is 15.5 Å². The van der Waals surface area contributed by atoms with Crippen LogP contribution in [-0.4, -0.2) is 62.7 Å². The van der Waals surface area contributed by atoms with Gasteiger partial charge in [0.05, 0.1) is 6.10 Å². The molecule has 0 radical (unpaired) electrons. The minimum atomic E-state index is 0.148. The molecule has 0 aromatic heterocycles. The minimum Gasteiger partial charge on any atom is -0.378 e. The van der Waals surface area contributed by atoms with E-state index in [-0.39, 0.29) is 12.0 Å². The first-order chi connectivity index (χ1) is 12.0. The fourth-order valence-corrected chi connectivity index (χ4v) is 3.26. The zero-order valence-electron chi connectivity index (χ0n) is 16.8. The van der Waals surface area contributed by atoms with Crippen LogP contribution in [0.4, 0.5) is 0 Å². The normalized spacial score (nSPS) is 17.7. The van der Waals surface area contributed by atoms with Gasteiger partial charge in [-0.1, -0.05) is 13.8 Å². The van der Waals surface area contributed by atoms with Crippen molar-refractivity contribution in [2.24, 2.45) is 16.8 Å². The maximum atomic E-state index is 11.5. The Kier molecular flexibility index (Phi) is 10.5. The highest BCUT2D eigenvalue weighted by Gasteiger charge is 2.23. The van der Waals surface area contributed by atoms with E-state index in [1.807, 2.05) is 6.92 Å². The molecule has 0 saturated carbocycles. The second kappa shape index (κ2) is 12.1. The van der Waals surface area contributed by atoms with Gasteiger partial charge in [0.1, 0.15) is 0 Å². The third-order valence-electron chi connectivity index (χ3n) is 4.80.